The van der Waals surface area contributed by atoms with E-state index in [9.17, 15) is 8.42 Å². The summed E-state index contributed by atoms with van der Waals surface area (Å²) in [6.07, 6.45) is 2.85. The van der Waals surface area contributed by atoms with Crippen molar-refractivity contribution < 1.29 is 8.42 Å². The van der Waals surface area contributed by atoms with Crippen LogP contribution in [0.4, 0.5) is 0 Å². The molecule has 0 radical (unpaired) electrons. The van der Waals surface area contributed by atoms with Crippen LogP contribution in [0.3, 0.4) is 0 Å². The van der Waals surface area contributed by atoms with Crippen LogP contribution in [-0.4, -0.2) is 42.1 Å². The number of aromatic nitrogens is 2. The van der Waals surface area contributed by atoms with E-state index in [4.69, 9.17) is 5.73 Å². The van der Waals surface area contributed by atoms with Gasteiger partial charge in [-0.05, 0) is 27.2 Å². The highest BCUT2D eigenvalue weighted by Gasteiger charge is 2.31. The minimum Gasteiger partial charge on any atom is -0.329 e. The molecule has 0 saturated heterocycles. The Morgan fingerprint density at radius 1 is 1.35 bits per heavy atom. The Labute approximate surface area is 120 Å². The maximum Gasteiger partial charge on any atom is 0.247 e. The third-order valence-corrected chi connectivity index (χ3v) is 5.65. The molecule has 6 nitrogen and oxygen atoms in total. The summed E-state index contributed by atoms with van der Waals surface area (Å²) in [7, 11) is -3.49. The van der Waals surface area contributed by atoms with E-state index in [0.29, 0.717) is 42.5 Å². The lowest BCUT2D eigenvalue weighted by atomic mass is 10.2. The van der Waals surface area contributed by atoms with E-state index in [1.165, 1.54) is 4.31 Å². The van der Waals surface area contributed by atoms with Crippen LogP contribution in [0.2, 0.25) is 0 Å². The molecular formula is C13H22N4O2S. The van der Waals surface area contributed by atoms with E-state index in [0.717, 1.165) is 12.0 Å². The summed E-state index contributed by atoms with van der Waals surface area (Å²) in [5, 5.41) is 4.30. The standard InChI is InChI=1S/C13H22N4O2S/c1-10-5-4-7-16(9-10)20(18,19)13-11(2)15-17(8-6-14)12(13)3/h5H,4,6-9,14H2,1-3H3. The molecule has 1 aliphatic heterocycles. The molecule has 0 unspecified atom stereocenters. The number of hydrogen-bond donors (Lipinski definition) is 1. The van der Waals surface area contributed by atoms with Gasteiger partial charge in [-0.15, -0.1) is 0 Å². The maximum atomic E-state index is 12.8. The molecule has 0 amide bonds. The van der Waals surface area contributed by atoms with Crippen molar-refractivity contribution in [2.45, 2.75) is 38.6 Å². The SMILES string of the molecule is CC1=CCCN(S(=O)(=O)c2c(C)nn(CCN)c2C)C1. The summed E-state index contributed by atoms with van der Waals surface area (Å²) in [5.74, 6) is 0. The average Bonchev–Trinajstić information content (AvgIpc) is 2.65. The van der Waals surface area contributed by atoms with Crippen molar-refractivity contribution in [3.05, 3.63) is 23.0 Å². The highest BCUT2D eigenvalue weighted by molar-refractivity contribution is 7.89. The lowest BCUT2D eigenvalue weighted by molar-refractivity contribution is 0.427. The van der Waals surface area contributed by atoms with Crippen molar-refractivity contribution in [3.63, 3.8) is 0 Å². The fourth-order valence-electron chi connectivity index (χ4n) is 2.60. The predicted octanol–water partition coefficient (Wildman–Crippen LogP) is 0.799. The average molecular weight is 298 g/mol. The third-order valence-electron chi connectivity index (χ3n) is 3.55. The first-order valence-corrected chi connectivity index (χ1v) is 8.21. The molecule has 2 heterocycles. The molecule has 0 aromatic carbocycles. The van der Waals surface area contributed by atoms with Gasteiger partial charge in [-0.25, -0.2) is 8.42 Å². The van der Waals surface area contributed by atoms with Gasteiger partial charge in [0.2, 0.25) is 10.0 Å². The predicted molar refractivity (Wildman–Crippen MR) is 77.9 cm³/mol. The Morgan fingerprint density at radius 2 is 2.05 bits per heavy atom. The van der Waals surface area contributed by atoms with Gasteiger partial charge in [-0.3, -0.25) is 4.68 Å². The van der Waals surface area contributed by atoms with Crippen LogP contribution >= 0.6 is 0 Å². The summed E-state index contributed by atoms with van der Waals surface area (Å²) in [4.78, 5) is 0.334. The second-order valence-corrected chi connectivity index (χ2v) is 7.06. The Kier molecular flexibility index (Phi) is 4.31. The molecule has 0 bridgehead atoms. The normalized spacial score (nSPS) is 17.3. The van der Waals surface area contributed by atoms with Crippen LogP contribution in [0.15, 0.2) is 16.5 Å². The molecule has 0 aliphatic carbocycles. The minimum atomic E-state index is -3.49. The van der Waals surface area contributed by atoms with Gasteiger partial charge in [-0.2, -0.15) is 9.40 Å². The van der Waals surface area contributed by atoms with E-state index in [1.54, 1.807) is 18.5 Å². The van der Waals surface area contributed by atoms with Crippen molar-refractivity contribution >= 4 is 10.0 Å². The van der Waals surface area contributed by atoms with Crippen molar-refractivity contribution in [1.29, 1.82) is 0 Å². The van der Waals surface area contributed by atoms with Gasteiger partial charge in [0.15, 0.2) is 0 Å². The van der Waals surface area contributed by atoms with E-state index < -0.39 is 10.0 Å². The molecule has 0 fully saturated rings. The van der Waals surface area contributed by atoms with E-state index >= 15 is 0 Å². The van der Waals surface area contributed by atoms with Gasteiger partial charge < -0.3 is 5.73 Å². The Hall–Kier alpha value is -1.18. The number of nitrogens with zero attached hydrogens (tertiary/aromatic N) is 3. The smallest absolute Gasteiger partial charge is 0.247 e. The lowest BCUT2D eigenvalue weighted by Crippen LogP contribution is -2.36. The molecule has 1 aromatic rings. The molecule has 2 N–H and O–H groups in total. The number of rotatable bonds is 4. The molecule has 1 aromatic heterocycles. The first-order chi connectivity index (χ1) is 9.37. The van der Waals surface area contributed by atoms with Gasteiger partial charge >= 0.3 is 0 Å². The van der Waals surface area contributed by atoms with Gasteiger partial charge in [0.05, 0.1) is 17.9 Å². The maximum absolute atomic E-state index is 12.8. The van der Waals surface area contributed by atoms with E-state index in [1.807, 2.05) is 6.92 Å². The quantitative estimate of drug-likeness (QED) is 0.834. The van der Waals surface area contributed by atoms with Gasteiger partial charge in [0.25, 0.3) is 0 Å². The van der Waals surface area contributed by atoms with Gasteiger partial charge in [0, 0.05) is 19.6 Å². The minimum absolute atomic E-state index is 0.334. The fraction of sp³-hybridized carbons (Fsp3) is 0.615. The fourth-order valence-corrected chi connectivity index (χ4v) is 4.48. The highest BCUT2D eigenvalue weighted by Crippen LogP contribution is 2.25. The zero-order valence-electron chi connectivity index (χ0n) is 12.3. The summed E-state index contributed by atoms with van der Waals surface area (Å²) in [6, 6.07) is 0. The van der Waals surface area contributed by atoms with Crippen LogP contribution in [-0.2, 0) is 16.6 Å². The van der Waals surface area contributed by atoms with Crippen molar-refractivity contribution in [1.82, 2.24) is 14.1 Å². The van der Waals surface area contributed by atoms with Crippen LogP contribution in [0.1, 0.15) is 24.7 Å². The first-order valence-electron chi connectivity index (χ1n) is 6.77. The van der Waals surface area contributed by atoms with Crippen LogP contribution < -0.4 is 5.73 Å². The Balaban J connectivity index is 2.42. The second kappa shape index (κ2) is 5.67. The van der Waals surface area contributed by atoms with E-state index in [-0.39, 0.29) is 0 Å². The Morgan fingerprint density at radius 3 is 2.65 bits per heavy atom. The second-order valence-electron chi connectivity index (χ2n) is 5.19. The number of hydrogen-bond acceptors (Lipinski definition) is 4. The first kappa shape index (κ1) is 15.2. The van der Waals surface area contributed by atoms with Gasteiger partial charge in [0.1, 0.15) is 4.90 Å². The summed E-state index contributed by atoms with van der Waals surface area (Å²) in [6.45, 7) is 7.44. The van der Waals surface area contributed by atoms with Crippen molar-refractivity contribution in [2.24, 2.45) is 5.73 Å². The highest BCUT2D eigenvalue weighted by atomic mass is 32.2. The van der Waals surface area contributed by atoms with E-state index in [2.05, 4.69) is 11.2 Å². The number of aryl methyl sites for hydroxylation is 1. The number of nitrogens with two attached hydrogens (primary N) is 1. The molecule has 0 saturated carbocycles. The summed E-state index contributed by atoms with van der Waals surface area (Å²) < 4.78 is 28.8. The third kappa shape index (κ3) is 2.65. The lowest BCUT2D eigenvalue weighted by Gasteiger charge is -2.25. The topological polar surface area (TPSA) is 81.2 Å². The van der Waals surface area contributed by atoms with Crippen LogP contribution in [0.5, 0.6) is 0 Å². The van der Waals surface area contributed by atoms with Crippen molar-refractivity contribution in [2.75, 3.05) is 19.6 Å². The molecule has 0 spiro atoms. The summed E-state index contributed by atoms with van der Waals surface area (Å²) in [5.41, 5.74) is 7.83. The van der Waals surface area contributed by atoms with Crippen LogP contribution in [0.25, 0.3) is 0 Å². The molecule has 7 heteroatoms. The Bertz CT molecular complexity index is 631. The molecule has 20 heavy (non-hydrogen) atoms. The van der Waals surface area contributed by atoms with Crippen LogP contribution in [0, 0.1) is 13.8 Å². The molecule has 0 atom stereocenters. The van der Waals surface area contributed by atoms with Crippen molar-refractivity contribution in [3.8, 4) is 0 Å². The zero-order valence-corrected chi connectivity index (χ0v) is 13.1. The monoisotopic (exact) mass is 298 g/mol. The number of sulfonamides is 1. The summed E-state index contributed by atoms with van der Waals surface area (Å²) >= 11 is 0. The van der Waals surface area contributed by atoms with Gasteiger partial charge in [-0.1, -0.05) is 11.6 Å². The molecule has 112 valence electrons. The zero-order chi connectivity index (χ0) is 14.9. The largest absolute Gasteiger partial charge is 0.329 e. The molecule has 2 rings (SSSR count). The molecule has 1 aliphatic rings. The molecular weight excluding hydrogens is 276 g/mol.